The van der Waals surface area contributed by atoms with Gasteiger partial charge in [-0.05, 0) is 31.3 Å². The number of hydrogen-bond acceptors (Lipinski definition) is 5. The van der Waals surface area contributed by atoms with Crippen LogP contribution in [0.5, 0.6) is 0 Å². The van der Waals surface area contributed by atoms with E-state index in [2.05, 4.69) is 15.2 Å². The van der Waals surface area contributed by atoms with E-state index in [0.717, 1.165) is 36.7 Å². The number of rotatable bonds is 1. The van der Waals surface area contributed by atoms with E-state index in [-0.39, 0.29) is 0 Å². The van der Waals surface area contributed by atoms with E-state index < -0.39 is 0 Å². The van der Waals surface area contributed by atoms with Gasteiger partial charge >= 0.3 is 0 Å². The van der Waals surface area contributed by atoms with Crippen molar-refractivity contribution in [2.45, 2.75) is 6.92 Å². The van der Waals surface area contributed by atoms with Crippen molar-refractivity contribution in [1.82, 2.24) is 19.7 Å². The van der Waals surface area contributed by atoms with Crippen LogP contribution in [0.4, 0.5) is 0 Å². The summed E-state index contributed by atoms with van der Waals surface area (Å²) in [6.07, 6.45) is 1.67. The normalized spacial score (nSPS) is 11.7. The zero-order chi connectivity index (χ0) is 13.9. The Hall–Kier alpha value is -1.99. The molecule has 100 valence electrons. The summed E-state index contributed by atoms with van der Waals surface area (Å²) in [5, 5.41) is 8.25. The fourth-order valence-corrected chi connectivity index (χ4v) is 3.71. The van der Waals surface area contributed by atoms with E-state index in [0.29, 0.717) is 5.65 Å². The lowest BCUT2D eigenvalue weighted by Gasteiger charge is -2.03. The van der Waals surface area contributed by atoms with Crippen LogP contribution < -0.4 is 0 Å². The highest BCUT2D eigenvalue weighted by molar-refractivity contribution is 7.73. The number of nitrogens with zero attached hydrogens (tertiary/aromatic N) is 3. The van der Waals surface area contributed by atoms with Crippen LogP contribution in [0.25, 0.3) is 32.7 Å². The van der Waals surface area contributed by atoms with Gasteiger partial charge in [-0.15, -0.1) is 11.3 Å². The average Bonchev–Trinajstić information content (AvgIpc) is 3.13. The molecule has 4 aromatic rings. The van der Waals surface area contributed by atoms with Gasteiger partial charge in [0.15, 0.2) is 15.2 Å². The molecule has 0 bridgehead atoms. The minimum Gasteiger partial charge on any atom is -0.464 e. The molecule has 0 saturated carbocycles. The minimum atomic E-state index is 0.685. The smallest absolute Gasteiger partial charge is 0.184 e. The fourth-order valence-electron chi connectivity index (χ4n) is 2.40. The number of nitrogens with one attached hydrogen (secondary N) is 1. The Balaban J connectivity index is 2.33. The summed E-state index contributed by atoms with van der Waals surface area (Å²) in [4.78, 5) is 4.61. The van der Waals surface area contributed by atoms with Gasteiger partial charge in [-0.1, -0.05) is 0 Å². The van der Waals surface area contributed by atoms with E-state index in [9.17, 15) is 0 Å². The van der Waals surface area contributed by atoms with Crippen LogP contribution in [0, 0.1) is 10.9 Å². The predicted molar refractivity (Wildman–Crippen MR) is 81.5 cm³/mol. The number of H-pyrrole nitrogens is 1. The lowest BCUT2D eigenvalue weighted by atomic mass is 10.1. The van der Waals surface area contributed by atoms with Crippen molar-refractivity contribution in [3.63, 3.8) is 0 Å². The molecule has 4 heterocycles. The van der Waals surface area contributed by atoms with Crippen LogP contribution in [0.15, 0.2) is 22.8 Å². The Morgan fingerprint density at radius 1 is 1.45 bits per heavy atom. The minimum absolute atomic E-state index is 0.685. The molecule has 0 aliphatic heterocycles. The Labute approximate surface area is 122 Å². The quantitative estimate of drug-likeness (QED) is 0.543. The van der Waals surface area contributed by atoms with Crippen molar-refractivity contribution in [1.29, 1.82) is 0 Å². The summed E-state index contributed by atoms with van der Waals surface area (Å²) in [6, 6.07) is 3.83. The molecule has 0 aliphatic carbocycles. The largest absolute Gasteiger partial charge is 0.464 e. The van der Waals surface area contributed by atoms with E-state index in [4.69, 9.17) is 16.6 Å². The van der Waals surface area contributed by atoms with Crippen molar-refractivity contribution in [2.75, 3.05) is 0 Å². The first-order chi connectivity index (χ1) is 9.66. The van der Waals surface area contributed by atoms with Crippen LogP contribution >= 0.6 is 23.6 Å². The molecule has 1 N–H and O–H groups in total. The summed E-state index contributed by atoms with van der Waals surface area (Å²) in [6.45, 7) is 1.98. The molecule has 0 saturated heterocycles. The molecule has 4 aromatic heterocycles. The molecular formula is C13H10N4OS2. The topological polar surface area (TPSA) is 59.6 Å². The third kappa shape index (κ3) is 1.44. The van der Waals surface area contributed by atoms with Crippen molar-refractivity contribution in [3.8, 4) is 11.3 Å². The monoisotopic (exact) mass is 302 g/mol. The lowest BCUT2D eigenvalue weighted by Crippen LogP contribution is -1.92. The molecule has 0 atom stereocenters. The van der Waals surface area contributed by atoms with Crippen molar-refractivity contribution >= 4 is 44.9 Å². The van der Waals surface area contributed by atoms with Gasteiger partial charge in [0.05, 0.1) is 21.9 Å². The van der Waals surface area contributed by atoms with Crippen LogP contribution in [-0.4, -0.2) is 19.7 Å². The third-order valence-electron chi connectivity index (χ3n) is 3.37. The molecule has 0 fully saturated rings. The molecule has 0 spiro atoms. The van der Waals surface area contributed by atoms with Gasteiger partial charge in [-0.25, -0.2) is 4.98 Å². The number of thiazole rings is 1. The number of aryl methyl sites for hydroxylation is 2. The molecule has 7 heteroatoms. The van der Waals surface area contributed by atoms with Gasteiger partial charge in [0, 0.05) is 12.7 Å². The molecule has 20 heavy (non-hydrogen) atoms. The van der Waals surface area contributed by atoms with E-state index in [1.165, 1.54) is 0 Å². The number of pyridine rings is 1. The maximum absolute atomic E-state index is 5.60. The molecule has 0 aliphatic rings. The van der Waals surface area contributed by atoms with Gasteiger partial charge in [0.2, 0.25) is 0 Å². The zero-order valence-corrected chi connectivity index (χ0v) is 12.4. The Morgan fingerprint density at radius 3 is 3.05 bits per heavy atom. The molecular weight excluding hydrogens is 292 g/mol. The first-order valence-corrected chi connectivity index (χ1v) is 7.27. The average molecular weight is 302 g/mol. The van der Waals surface area contributed by atoms with Crippen molar-refractivity contribution < 1.29 is 4.42 Å². The van der Waals surface area contributed by atoms with Crippen LogP contribution in [0.1, 0.15) is 5.69 Å². The second kappa shape index (κ2) is 4.00. The summed E-state index contributed by atoms with van der Waals surface area (Å²) in [7, 11) is 1.92. The lowest BCUT2D eigenvalue weighted by molar-refractivity contribution is 0.583. The maximum atomic E-state index is 5.60. The summed E-state index contributed by atoms with van der Waals surface area (Å²) in [5.41, 5.74) is 3.51. The molecule has 0 radical (unpaired) electrons. The number of furan rings is 1. The van der Waals surface area contributed by atoms with Gasteiger partial charge in [-0.2, -0.15) is 5.10 Å². The number of fused-ring (bicyclic) bond motifs is 2. The Kier molecular flexibility index (Phi) is 2.36. The Morgan fingerprint density at radius 2 is 2.30 bits per heavy atom. The molecule has 5 nitrogen and oxygen atoms in total. The third-order valence-corrected chi connectivity index (χ3v) is 4.93. The van der Waals surface area contributed by atoms with Crippen molar-refractivity contribution in [2.24, 2.45) is 7.05 Å². The van der Waals surface area contributed by atoms with Gasteiger partial charge in [0.25, 0.3) is 0 Å². The van der Waals surface area contributed by atoms with Crippen LogP contribution in [-0.2, 0) is 7.05 Å². The van der Waals surface area contributed by atoms with Crippen LogP contribution in [0.3, 0.4) is 0 Å². The van der Waals surface area contributed by atoms with Crippen LogP contribution in [0.2, 0.25) is 0 Å². The highest BCUT2D eigenvalue weighted by Gasteiger charge is 2.20. The SMILES string of the molecule is Cc1[nH]nc2nc3c(sc(=S)n3C)c(-c3ccco3)c12. The van der Waals surface area contributed by atoms with E-state index in [1.54, 1.807) is 17.6 Å². The molecule has 0 unspecified atom stereocenters. The Bertz CT molecular complexity index is 991. The second-order valence-corrected chi connectivity index (χ2v) is 6.24. The first kappa shape index (κ1) is 11.8. The van der Waals surface area contributed by atoms with E-state index >= 15 is 0 Å². The zero-order valence-electron chi connectivity index (χ0n) is 10.8. The molecule has 0 amide bonds. The van der Waals surface area contributed by atoms with Gasteiger partial charge in [-0.3, -0.25) is 5.10 Å². The summed E-state index contributed by atoms with van der Waals surface area (Å²) in [5.74, 6) is 0.809. The summed E-state index contributed by atoms with van der Waals surface area (Å²) >= 11 is 6.92. The maximum Gasteiger partial charge on any atom is 0.184 e. The highest BCUT2D eigenvalue weighted by atomic mass is 32.1. The number of aromatic nitrogens is 4. The number of aromatic amines is 1. The highest BCUT2D eigenvalue weighted by Crippen LogP contribution is 2.38. The first-order valence-electron chi connectivity index (χ1n) is 6.05. The van der Waals surface area contributed by atoms with E-state index in [1.807, 2.05) is 30.7 Å². The number of hydrogen-bond donors (Lipinski definition) is 1. The second-order valence-electron chi connectivity index (χ2n) is 4.59. The molecule has 4 rings (SSSR count). The predicted octanol–water partition coefficient (Wildman–Crippen LogP) is 3.81. The van der Waals surface area contributed by atoms with Gasteiger partial charge < -0.3 is 8.98 Å². The summed E-state index contributed by atoms with van der Waals surface area (Å²) < 4.78 is 9.33. The van der Waals surface area contributed by atoms with Crippen molar-refractivity contribution in [3.05, 3.63) is 28.0 Å². The molecule has 0 aromatic carbocycles. The standard InChI is InChI=1S/C13H10N4OS2/c1-6-8-9(7-4-3-5-18-7)10-12(14-11(8)16-15-6)17(2)13(19)20-10/h3-5H,1-2H3,(H,14,15,16). The van der Waals surface area contributed by atoms with Gasteiger partial charge in [0.1, 0.15) is 5.76 Å². The fraction of sp³-hybridized carbons (Fsp3) is 0.154.